The Morgan fingerprint density at radius 3 is 2.12 bits per heavy atom. The molecule has 0 bridgehead atoms. The van der Waals surface area contributed by atoms with Crippen molar-refractivity contribution in [3.05, 3.63) is 71.8 Å². The lowest BCUT2D eigenvalue weighted by Gasteiger charge is -2.11. The first-order valence-corrected chi connectivity index (χ1v) is 8.64. The van der Waals surface area contributed by atoms with E-state index >= 15 is 0 Å². The van der Waals surface area contributed by atoms with Gasteiger partial charge in [-0.1, -0.05) is 60.7 Å². The van der Waals surface area contributed by atoms with Crippen molar-refractivity contribution in [2.24, 2.45) is 4.99 Å². The van der Waals surface area contributed by atoms with Crippen LogP contribution >= 0.6 is 24.0 Å². The smallest absolute Gasteiger partial charge is 0.239 e. The molecule has 2 rings (SSSR count). The van der Waals surface area contributed by atoms with Gasteiger partial charge in [-0.25, -0.2) is 4.99 Å². The van der Waals surface area contributed by atoms with E-state index in [1.165, 1.54) is 5.56 Å². The Morgan fingerprint density at radius 2 is 1.50 bits per heavy atom. The number of hydrogen-bond acceptors (Lipinski definition) is 2. The largest absolute Gasteiger partial charge is 0.357 e. The first-order chi connectivity index (χ1) is 12.3. The molecule has 0 atom stereocenters. The molecule has 0 saturated carbocycles. The maximum absolute atomic E-state index is 12.0. The van der Waals surface area contributed by atoms with Crippen molar-refractivity contribution in [3.63, 3.8) is 0 Å². The molecule has 0 unspecified atom stereocenters. The van der Waals surface area contributed by atoms with E-state index in [0.717, 1.165) is 18.5 Å². The number of halogens is 1. The van der Waals surface area contributed by atoms with E-state index in [2.05, 4.69) is 33.1 Å². The Hall–Kier alpha value is -2.09. The Bertz CT molecular complexity index is 662. The zero-order chi connectivity index (χ0) is 17.7. The fraction of sp³-hybridized carbons (Fsp3) is 0.300. The summed E-state index contributed by atoms with van der Waals surface area (Å²) in [6.07, 6.45) is 0.828. The maximum atomic E-state index is 12.0. The van der Waals surface area contributed by atoms with Gasteiger partial charge in [0, 0.05) is 13.1 Å². The molecule has 140 valence electrons. The summed E-state index contributed by atoms with van der Waals surface area (Å²) in [7, 11) is 0. The summed E-state index contributed by atoms with van der Waals surface area (Å²) in [5.41, 5.74) is 2.35. The highest BCUT2D eigenvalue weighted by molar-refractivity contribution is 14.0. The molecule has 0 saturated heterocycles. The molecule has 3 N–H and O–H groups in total. The van der Waals surface area contributed by atoms with Crippen LogP contribution in [0, 0.1) is 0 Å². The van der Waals surface area contributed by atoms with Crippen LogP contribution in [0.25, 0.3) is 0 Å². The average Bonchev–Trinajstić information content (AvgIpc) is 2.66. The molecule has 1 amide bonds. The number of guanidine groups is 1. The molecular formula is C20H27IN4O. The monoisotopic (exact) mass is 466 g/mol. The predicted molar refractivity (Wildman–Crippen MR) is 118 cm³/mol. The van der Waals surface area contributed by atoms with Crippen LogP contribution in [-0.2, 0) is 17.8 Å². The van der Waals surface area contributed by atoms with Crippen molar-refractivity contribution < 1.29 is 4.79 Å². The minimum atomic E-state index is -0.0405. The fourth-order valence-corrected chi connectivity index (χ4v) is 2.31. The van der Waals surface area contributed by atoms with Gasteiger partial charge in [-0.15, -0.1) is 24.0 Å². The Morgan fingerprint density at radius 1 is 0.885 bits per heavy atom. The van der Waals surface area contributed by atoms with E-state index in [0.29, 0.717) is 19.0 Å². The van der Waals surface area contributed by atoms with Crippen LogP contribution in [0.3, 0.4) is 0 Å². The third-order valence-electron chi connectivity index (χ3n) is 3.60. The van der Waals surface area contributed by atoms with Gasteiger partial charge in [-0.2, -0.15) is 0 Å². The Kier molecular flexibility index (Phi) is 11.1. The summed E-state index contributed by atoms with van der Waals surface area (Å²) in [5, 5.41) is 9.13. The zero-order valence-corrected chi connectivity index (χ0v) is 17.4. The molecule has 0 heterocycles. The van der Waals surface area contributed by atoms with Crippen molar-refractivity contribution in [3.8, 4) is 0 Å². The van der Waals surface area contributed by atoms with Gasteiger partial charge in [0.15, 0.2) is 5.96 Å². The second-order valence-corrected chi connectivity index (χ2v) is 5.62. The van der Waals surface area contributed by atoms with E-state index in [1.54, 1.807) is 0 Å². The number of nitrogens with zero attached hydrogens (tertiary/aromatic N) is 1. The molecule has 6 heteroatoms. The van der Waals surface area contributed by atoms with Crippen LogP contribution in [0.4, 0.5) is 0 Å². The number of amides is 1. The number of carbonyl (C=O) groups excluding carboxylic acids is 1. The number of rotatable bonds is 8. The first-order valence-electron chi connectivity index (χ1n) is 8.64. The van der Waals surface area contributed by atoms with Crippen molar-refractivity contribution in [1.82, 2.24) is 16.0 Å². The summed E-state index contributed by atoms with van der Waals surface area (Å²) in [4.78, 5) is 16.5. The highest BCUT2D eigenvalue weighted by Gasteiger charge is 2.03. The SMILES string of the molecule is CCNC(=NCc1ccccc1)NCC(=O)NCCc1ccccc1.I. The van der Waals surface area contributed by atoms with Gasteiger partial charge < -0.3 is 16.0 Å². The van der Waals surface area contributed by atoms with Crippen molar-refractivity contribution in [2.75, 3.05) is 19.6 Å². The number of aliphatic imine (C=N–C) groups is 1. The van der Waals surface area contributed by atoms with Gasteiger partial charge in [0.2, 0.25) is 5.91 Å². The predicted octanol–water partition coefficient (Wildman–Crippen LogP) is 2.72. The normalized spacial score (nSPS) is 10.6. The quantitative estimate of drug-likeness (QED) is 0.319. The van der Waals surface area contributed by atoms with Gasteiger partial charge in [-0.05, 0) is 24.5 Å². The van der Waals surface area contributed by atoms with Gasteiger partial charge in [0.05, 0.1) is 13.1 Å². The molecule has 0 radical (unpaired) electrons. The van der Waals surface area contributed by atoms with Crippen LogP contribution in [0.1, 0.15) is 18.1 Å². The van der Waals surface area contributed by atoms with Gasteiger partial charge in [-0.3, -0.25) is 4.79 Å². The highest BCUT2D eigenvalue weighted by atomic mass is 127. The molecule has 2 aromatic carbocycles. The second-order valence-electron chi connectivity index (χ2n) is 5.62. The van der Waals surface area contributed by atoms with E-state index in [9.17, 15) is 4.79 Å². The molecule has 5 nitrogen and oxygen atoms in total. The Labute approximate surface area is 172 Å². The third-order valence-corrected chi connectivity index (χ3v) is 3.60. The number of carbonyl (C=O) groups is 1. The van der Waals surface area contributed by atoms with Gasteiger partial charge in [0.1, 0.15) is 0 Å². The lowest BCUT2D eigenvalue weighted by molar-refractivity contribution is -0.119. The second kappa shape index (κ2) is 13.2. The summed E-state index contributed by atoms with van der Waals surface area (Å²) in [6, 6.07) is 20.1. The molecule has 0 aliphatic heterocycles. The summed E-state index contributed by atoms with van der Waals surface area (Å²) in [5.74, 6) is 0.603. The minimum absolute atomic E-state index is 0. The summed E-state index contributed by atoms with van der Waals surface area (Å²) < 4.78 is 0. The third kappa shape index (κ3) is 8.84. The first kappa shape index (κ1) is 22.0. The van der Waals surface area contributed by atoms with Crippen LogP contribution in [0.15, 0.2) is 65.7 Å². The van der Waals surface area contributed by atoms with E-state index in [1.807, 2.05) is 55.5 Å². The number of hydrogen-bond donors (Lipinski definition) is 3. The minimum Gasteiger partial charge on any atom is -0.357 e. The number of nitrogens with one attached hydrogen (secondary N) is 3. The van der Waals surface area contributed by atoms with Gasteiger partial charge >= 0.3 is 0 Å². The number of benzene rings is 2. The summed E-state index contributed by atoms with van der Waals surface area (Å²) in [6.45, 7) is 4.15. The van der Waals surface area contributed by atoms with E-state index < -0.39 is 0 Å². The molecule has 0 aliphatic rings. The Balaban J connectivity index is 0.00000338. The van der Waals surface area contributed by atoms with Crippen molar-refractivity contribution in [2.45, 2.75) is 19.9 Å². The topological polar surface area (TPSA) is 65.5 Å². The molecule has 0 spiro atoms. The van der Waals surface area contributed by atoms with E-state index in [-0.39, 0.29) is 36.4 Å². The van der Waals surface area contributed by atoms with Crippen LogP contribution < -0.4 is 16.0 Å². The fourth-order valence-electron chi connectivity index (χ4n) is 2.31. The lowest BCUT2D eigenvalue weighted by Crippen LogP contribution is -2.43. The maximum Gasteiger partial charge on any atom is 0.239 e. The molecule has 2 aromatic rings. The zero-order valence-electron chi connectivity index (χ0n) is 15.1. The van der Waals surface area contributed by atoms with Crippen molar-refractivity contribution in [1.29, 1.82) is 0 Å². The van der Waals surface area contributed by atoms with Crippen LogP contribution in [0.2, 0.25) is 0 Å². The standard InChI is InChI=1S/C20H26N4O.HI/c1-2-21-20(23-15-18-11-7-4-8-12-18)24-16-19(25)22-14-13-17-9-5-3-6-10-17;/h3-12H,2,13-16H2,1H3,(H,22,25)(H2,21,23,24);1H. The van der Waals surface area contributed by atoms with E-state index in [4.69, 9.17) is 0 Å². The van der Waals surface area contributed by atoms with Crippen LogP contribution in [-0.4, -0.2) is 31.5 Å². The molecular weight excluding hydrogens is 439 g/mol. The highest BCUT2D eigenvalue weighted by Crippen LogP contribution is 2.00. The molecule has 0 fully saturated rings. The average molecular weight is 466 g/mol. The van der Waals surface area contributed by atoms with Crippen LogP contribution in [0.5, 0.6) is 0 Å². The molecule has 0 aromatic heterocycles. The molecule has 26 heavy (non-hydrogen) atoms. The summed E-state index contributed by atoms with van der Waals surface area (Å²) >= 11 is 0. The lowest BCUT2D eigenvalue weighted by atomic mass is 10.1. The van der Waals surface area contributed by atoms with Crippen molar-refractivity contribution >= 4 is 35.8 Å². The van der Waals surface area contributed by atoms with Gasteiger partial charge in [0.25, 0.3) is 0 Å². The molecule has 0 aliphatic carbocycles.